The van der Waals surface area contributed by atoms with Crippen LogP contribution < -0.4 is 0 Å². The third-order valence-electron chi connectivity index (χ3n) is 4.63. The molecule has 0 aromatic rings. The zero-order valence-electron chi connectivity index (χ0n) is 14.8. The number of carbonyl (C=O) groups excluding carboxylic acids is 1. The molecule has 0 unspecified atom stereocenters. The highest BCUT2D eigenvalue weighted by Crippen LogP contribution is 2.30. The molecular weight excluding hydrogens is 276 g/mol. The van der Waals surface area contributed by atoms with Crippen LogP contribution in [0.3, 0.4) is 0 Å². The molecule has 1 fully saturated rings. The summed E-state index contributed by atoms with van der Waals surface area (Å²) in [5.41, 5.74) is 0. The summed E-state index contributed by atoms with van der Waals surface area (Å²) in [7, 11) is 1.44. The fourth-order valence-electron chi connectivity index (χ4n) is 3.05. The van der Waals surface area contributed by atoms with Crippen molar-refractivity contribution in [3.05, 3.63) is 0 Å². The van der Waals surface area contributed by atoms with Crippen molar-refractivity contribution in [2.75, 3.05) is 7.11 Å². The summed E-state index contributed by atoms with van der Waals surface area (Å²) in [6, 6.07) is 0. The van der Waals surface area contributed by atoms with Crippen molar-refractivity contribution in [2.45, 2.75) is 109 Å². The van der Waals surface area contributed by atoms with Gasteiger partial charge in [-0.1, -0.05) is 84.0 Å². The van der Waals surface area contributed by atoms with Gasteiger partial charge in [-0.3, -0.25) is 4.79 Å². The molecular formula is C19H36O3. The zero-order valence-corrected chi connectivity index (χ0v) is 14.8. The van der Waals surface area contributed by atoms with E-state index >= 15 is 0 Å². The van der Waals surface area contributed by atoms with Gasteiger partial charge in [-0.15, -0.1) is 0 Å². The summed E-state index contributed by atoms with van der Waals surface area (Å²) in [6.07, 6.45) is 18.6. The molecule has 0 bridgehead atoms. The molecule has 0 saturated carbocycles. The highest BCUT2D eigenvalue weighted by Gasteiger charge is 2.39. The van der Waals surface area contributed by atoms with Crippen molar-refractivity contribution in [1.29, 1.82) is 0 Å². The summed E-state index contributed by atoms with van der Waals surface area (Å²) < 4.78 is 10.1. The Hall–Kier alpha value is -0.570. The van der Waals surface area contributed by atoms with Crippen LogP contribution >= 0.6 is 0 Å². The summed E-state index contributed by atoms with van der Waals surface area (Å²) >= 11 is 0. The number of methoxy groups -OCH3 is 1. The van der Waals surface area contributed by atoms with Gasteiger partial charge < -0.3 is 9.47 Å². The van der Waals surface area contributed by atoms with Gasteiger partial charge in [0.1, 0.15) is 0 Å². The molecule has 2 atom stereocenters. The van der Waals surface area contributed by atoms with Crippen molar-refractivity contribution in [2.24, 2.45) is 0 Å². The second-order valence-electron chi connectivity index (χ2n) is 6.67. The maximum Gasteiger partial charge on any atom is 0.308 e. The van der Waals surface area contributed by atoms with E-state index in [1.165, 1.54) is 84.2 Å². The second-order valence-corrected chi connectivity index (χ2v) is 6.67. The Bertz CT molecular complexity index is 278. The molecule has 1 saturated heterocycles. The number of hydrogen-bond acceptors (Lipinski definition) is 3. The number of carbonyl (C=O) groups is 1. The Balaban J connectivity index is 1.73. The van der Waals surface area contributed by atoms with E-state index < -0.39 is 0 Å². The van der Waals surface area contributed by atoms with Crippen LogP contribution in [0.1, 0.15) is 96.8 Å². The molecule has 0 aliphatic carbocycles. The quantitative estimate of drug-likeness (QED) is 0.230. The van der Waals surface area contributed by atoms with E-state index in [0.717, 1.165) is 6.42 Å². The lowest BCUT2D eigenvalue weighted by Crippen LogP contribution is -2.06. The van der Waals surface area contributed by atoms with Crippen LogP contribution in [0.5, 0.6) is 0 Å². The molecule has 0 radical (unpaired) electrons. The normalized spacial score (nSPS) is 20.1. The maximum atomic E-state index is 11.1. The average molecular weight is 312 g/mol. The van der Waals surface area contributed by atoms with E-state index in [4.69, 9.17) is 4.74 Å². The Kier molecular flexibility index (Phi) is 11.4. The Morgan fingerprint density at radius 1 is 0.818 bits per heavy atom. The van der Waals surface area contributed by atoms with Crippen LogP contribution in [-0.4, -0.2) is 25.3 Å². The summed E-state index contributed by atoms with van der Waals surface area (Å²) in [4.78, 5) is 11.1. The van der Waals surface area contributed by atoms with Crippen molar-refractivity contribution in [3.8, 4) is 0 Å². The largest absolute Gasteiger partial charge is 0.469 e. The fraction of sp³-hybridized carbons (Fsp3) is 0.947. The molecule has 3 nitrogen and oxygen atoms in total. The van der Waals surface area contributed by atoms with Crippen LogP contribution in [0.25, 0.3) is 0 Å². The minimum absolute atomic E-state index is 0.139. The topological polar surface area (TPSA) is 38.8 Å². The second kappa shape index (κ2) is 12.9. The van der Waals surface area contributed by atoms with Gasteiger partial charge in [-0.25, -0.2) is 0 Å². The average Bonchev–Trinajstić information content (AvgIpc) is 3.26. The third-order valence-corrected chi connectivity index (χ3v) is 4.63. The van der Waals surface area contributed by atoms with Crippen LogP contribution in [0.4, 0.5) is 0 Å². The van der Waals surface area contributed by atoms with Crippen LogP contribution in [0.2, 0.25) is 0 Å². The van der Waals surface area contributed by atoms with E-state index in [2.05, 4.69) is 11.7 Å². The summed E-state index contributed by atoms with van der Waals surface area (Å²) in [6.45, 7) is 2.27. The highest BCUT2D eigenvalue weighted by molar-refractivity contribution is 5.70. The highest BCUT2D eigenvalue weighted by atomic mass is 16.6. The number of rotatable bonds is 15. The molecule has 1 aliphatic rings. The van der Waals surface area contributed by atoms with Crippen molar-refractivity contribution < 1.29 is 14.3 Å². The van der Waals surface area contributed by atoms with Gasteiger partial charge in [0.2, 0.25) is 0 Å². The number of hydrogen-bond donors (Lipinski definition) is 0. The van der Waals surface area contributed by atoms with Gasteiger partial charge in [0.05, 0.1) is 25.7 Å². The van der Waals surface area contributed by atoms with E-state index in [1.54, 1.807) is 0 Å². The molecule has 0 aromatic heterocycles. The first kappa shape index (κ1) is 19.5. The van der Waals surface area contributed by atoms with Crippen molar-refractivity contribution in [3.63, 3.8) is 0 Å². The molecule has 3 heteroatoms. The minimum Gasteiger partial charge on any atom is -0.469 e. The first-order valence-corrected chi connectivity index (χ1v) is 9.50. The first-order chi connectivity index (χ1) is 10.8. The first-order valence-electron chi connectivity index (χ1n) is 9.50. The standard InChI is InChI=1S/C19H36O3/c1-3-4-5-6-7-8-9-10-11-12-13-14-15-17-18(22-17)16-19(20)21-2/h17-18H,3-16H2,1-2H3/t17-,18-/m0/s1. The van der Waals surface area contributed by atoms with Crippen molar-refractivity contribution in [1.82, 2.24) is 0 Å². The fourth-order valence-corrected chi connectivity index (χ4v) is 3.05. The molecule has 0 aromatic carbocycles. The van der Waals surface area contributed by atoms with E-state index in [1.807, 2.05) is 0 Å². The predicted molar refractivity (Wildman–Crippen MR) is 91.0 cm³/mol. The number of unbranched alkanes of at least 4 members (excludes halogenated alkanes) is 11. The van der Waals surface area contributed by atoms with Crippen LogP contribution in [0.15, 0.2) is 0 Å². The number of epoxide rings is 1. The van der Waals surface area contributed by atoms with E-state index in [0.29, 0.717) is 12.5 Å². The predicted octanol–water partition coefficient (Wildman–Crippen LogP) is 5.41. The summed E-state index contributed by atoms with van der Waals surface area (Å²) in [5.74, 6) is -0.151. The zero-order chi connectivity index (χ0) is 16.0. The SMILES string of the molecule is CCCCCCCCCCCCCC[C@@H]1O[C@H]1CC(=O)OC. The molecule has 130 valence electrons. The Morgan fingerprint density at radius 3 is 1.82 bits per heavy atom. The molecule has 22 heavy (non-hydrogen) atoms. The third kappa shape index (κ3) is 10.2. The molecule has 0 spiro atoms. The molecule has 1 heterocycles. The lowest BCUT2D eigenvalue weighted by molar-refractivity contribution is -0.140. The Labute approximate surface area is 137 Å². The van der Waals surface area contributed by atoms with Gasteiger partial charge in [-0.05, 0) is 6.42 Å². The molecule has 1 aliphatic heterocycles. The molecule has 0 N–H and O–H groups in total. The summed E-state index contributed by atoms with van der Waals surface area (Å²) in [5, 5.41) is 0. The van der Waals surface area contributed by atoms with Crippen LogP contribution in [-0.2, 0) is 14.3 Å². The number of ether oxygens (including phenoxy) is 2. The van der Waals surface area contributed by atoms with E-state index in [9.17, 15) is 4.79 Å². The number of esters is 1. The lowest BCUT2D eigenvalue weighted by Gasteiger charge is -2.02. The molecule has 1 rings (SSSR count). The smallest absolute Gasteiger partial charge is 0.308 e. The van der Waals surface area contributed by atoms with Gasteiger partial charge in [0, 0.05) is 0 Å². The maximum absolute atomic E-state index is 11.1. The van der Waals surface area contributed by atoms with Gasteiger partial charge >= 0.3 is 5.97 Å². The monoisotopic (exact) mass is 312 g/mol. The van der Waals surface area contributed by atoms with Crippen LogP contribution in [0, 0.1) is 0 Å². The van der Waals surface area contributed by atoms with Gasteiger partial charge in [-0.2, -0.15) is 0 Å². The van der Waals surface area contributed by atoms with Gasteiger partial charge in [0.25, 0.3) is 0 Å². The molecule has 0 amide bonds. The van der Waals surface area contributed by atoms with E-state index in [-0.39, 0.29) is 12.1 Å². The van der Waals surface area contributed by atoms with Gasteiger partial charge in [0.15, 0.2) is 0 Å². The Morgan fingerprint density at radius 2 is 1.32 bits per heavy atom. The lowest BCUT2D eigenvalue weighted by atomic mass is 10.0. The van der Waals surface area contributed by atoms with Crippen molar-refractivity contribution >= 4 is 5.97 Å². The minimum atomic E-state index is -0.151.